The minimum Gasteiger partial charge on any atom is -0.383 e. The van der Waals surface area contributed by atoms with Gasteiger partial charge in [0.1, 0.15) is 11.6 Å². The molecule has 0 spiro atoms. The highest BCUT2D eigenvalue weighted by Crippen LogP contribution is 2.26. The normalized spacial score (nSPS) is 12.9. The Morgan fingerprint density at radius 1 is 1.06 bits per heavy atom. The molecule has 4 heteroatoms. The molecule has 0 unspecified atom stereocenters. The first-order valence-electron chi connectivity index (χ1n) is 5.83. The molecule has 0 fully saturated rings. The van der Waals surface area contributed by atoms with Crippen molar-refractivity contribution in [3.8, 4) is 0 Å². The number of nitrogens with two attached hydrogens (primary N) is 1. The van der Waals surface area contributed by atoms with Crippen LogP contribution in [-0.2, 0) is 17.9 Å². The summed E-state index contributed by atoms with van der Waals surface area (Å²) < 4.78 is 1.61. The molecule has 0 aliphatic carbocycles. The molecule has 0 bridgehead atoms. The van der Waals surface area contributed by atoms with Gasteiger partial charge in [-0.2, -0.15) is 0 Å². The second-order valence-corrected chi connectivity index (χ2v) is 6.56. The molecule has 0 saturated heterocycles. The molecule has 0 atom stereocenters. The SMILES string of the molecule is Cn1c(C(C)(C)C)nc(N)c(C(C)(C)C)c1=O. The van der Waals surface area contributed by atoms with Crippen LogP contribution in [0.15, 0.2) is 4.79 Å². The molecule has 17 heavy (non-hydrogen) atoms. The van der Waals surface area contributed by atoms with Crippen LogP contribution in [-0.4, -0.2) is 9.55 Å². The maximum atomic E-state index is 12.3. The Bertz CT molecular complexity index is 487. The topological polar surface area (TPSA) is 60.9 Å². The zero-order valence-corrected chi connectivity index (χ0v) is 11.9. The smallest absolute Gasteiger partial charge is 0.259 e. The minimum absolute atomic E-state index is 0.0464. The number of rotatable bonds is 0. The van der Waals surface area contributed by atoms with Crippen LogP contribution in [0.5, 0.6) is 0 Å². The van der Waals surface area contributed by atoms with E-state index < -0.39 is 0 Å². The van der Waals surface area contributed by atoms with E-state index in [0.29, 0.717) is 17.2 Å². The van der Waals surface area contributed by atoms with Crippen LogP contribution in [0.4, 0.5) is 5.82 Å². The number of aromatic nitrogens is 2. The van der Waals surface area contributed by atoms with Crippen molar-refractivity contribution in [1.82, 2.24) is 9.55 Å². The summed E-state index contributed by atoms with van der Waals surface area (Å²) in [6.07, 6.45) is 0. The molecule has 4 nitrogen and oxygen atoms in total. The number of hydrogen-bond donors (Lipinski definition) is 1. The largest absolute Gasteiger partial charge is 0.383 e. The first-order valence-corrected chi connectivity index (χ1v) is 5.83. The van der Waals surface area contributed by atoms with E-state index in [9.17, 15) is 4.79 Å². The Hall–Kier alpha value is -1.32. The van der Waals surface area contributed by atoms with Crippen molar-refractivity contribution < 1.29 is 0 Å². The quantitative estimate of drug-likeness (QED) is 0.750. The van der Waals surface area contributed by atoms with Crippen LogP contribution >= 0.6 is 0 Å². The fourth-order valence-corrected chi connectivity index (χ4v) is 1.99. The van der Waals surface area contributed by atoms with Crippen molar-refractivity contribution in [3.63, 3.8) is 0 Å². The fourth-order valence-electron chi connectivity index (χ4n) is 1.99. The molecular weight excluding hydrogens is 214 g/mol. The lowest BCUT2D eigenvalue weighted by Crippen LogP contribution is -2.36. The number of nitrogens with zero attached hydrogens (tertiary/aromatic N) is 2. The predicted octanol–water partition coefficient (Wildman–Crippen LogP) is 1.96. The van der Waals surface area contributed by atoms with Crippen LogP contribution in [0.1, 0.15) is 52.9 Å². The van der Waals surface area contributed by atoms with E-state index in [4.69, 9.17) is 5.73 Å². The van der Waals surface area contributed by atoms with Gasteiger partial charge in [-0.05, 0) is 5.41 Å². The molecule has 0 aromatic carbocycles. The van der Waals surface area contributed by atoms with E-state index in [1.807, 2.05) is 41.5 Å². The first kappa shape index (κ1) is 13.7. The van der Waals surface area contributed by atoms with Crippen molar-refractivity contribution in [2.24, 2.45) is 7.05 Å². The molecule has 0 radical (unpaired) electrons. The Balaban J connectivity index is 3.66. The van der Waals surface area contributed by atoms with Crippen molar-refractivity contribution in [1.29, 1.82) is 0 Å². The van der Waals surface area contributed by atoms with Crippen molar-refractivity contribution in [2.45, 2.75) is 52.4 Å². The van der Waals surface area contributed by atoms with Gasteiger partial charge in [-0.25, -0.2) is 4.98 Å². The summed E-state index contributed by atoms with van der Waals surface area (Å²) in [4.78, 5) is 16.8. The number of anilines is 1. The van der Waals surface area contributed by atoms with Gasteiger partial charge in [0.05, 0.1) is 5.56 Å². The second-order valence-electron chi connectivity index (χ2n) is 6.56. The monoisotopic (exact) mass is 237 g/mol. The van der Waals surface area contributed by atoms with Gasteiger partial charge in [-0.15, -0.1) is 0 Å². The Morgan fingerprint density at radius 2 is 1.53 bits per heavy atom. The number of hydrogen-bond acceptors (Lipinski definition) is 3. The summed E-state index contributed by atoms with van der Waals surface area (Å²) in [5, 5.41) is 0. The highest BCUT2D eigenvalue weighted by molar-refractivity contribution is 5.43. The summed E-state index contributed by atoms with van der Waals surface area (Å²) in [6.45, 7) is 12.0. The molecule has 1 heterocycles. The zero-order valence-electron chi connectivity index (χ0n) is 11.9. The maximum absolute atomic E-state index is 12.3. The van der Waals surface area contributed by atoms with E-state index in [2.05, 4.69) is 4.98 Å². The van der Waals surface area contributed by atoms with Gasteiger partial charge in [0.15, 0.2) is 0 Å². The van der Waals surface area contributed by atoms with Crippen LogP contribution < -0.4 is 11.3 Å². The van der Waals surface area contributed by atoms with Crippen LogP contribution in [0.2, 0.25) is 0 Å². The van der Waals surface area contributed by atoms with Gasteiger partial charge < -0.3 is 5.73 Å². The van der Waals surface area contributed by atoms with Gasteiger partial charge in [0, 0.05) is 12.5 Å². The van der Waals surface area contributed by atoms with E-state index in [1.165, 1.54) is 0 Å². The molecule has 2 N–H and O–H groups in total. The third-order valence-electron chi connectivity index (χ3n) is 2.74. The third kappa shape index (κ3) is 2.51. The summed E-state index contributed by atoms with van der Waals surface area (Å²) in [5.74, 6) is 1.07. The maximum Gasteiger partial charge on any atom is 0.259 e. The van der Waals surface area contributed by atoms with Gasteiger partial charge in [-0.1, -0.05) is 41.5 Å². The molecule has 1 aromatic heterocycles. The van der Waals surface area contributed by atoms with E-state index in [1.54, 1.807) is 11.6 Å². The zero-order chi connectivity index (χ0) is 13.6. The van der Waals surface area contributed by atoms with Gasteiger partial charge in [-0.3, -0.25) is 9.36 Å². The summed E-state index contributed by atoms with van der Waals surface area (Å²) in [5.41, 5.74) is 6.01. The average Bonchev–Trinajstić information content (AvgIpc) is 2.07. The van der Waals surface area contributed by atoms with Gasteiger partial charge >= 0.3 is 0 Å². The van der Waals surface area contributed by atoms with Crippen molar-refractivity contribution >= 4 is 5.82 Å². The Kier molecular flexibility index (Phi) is 3.12. The number of nitrogen functional groups attached to an aromatic ring is 1. The summed E-state index contributed by atoms with van der Waals surface area (Å²) in [6, 6.07) is 0. The minimum atomic E-state index is -0.289. The molecule has 0 aliphatic heterocycles. The second kappa shape index (κ2) is 3.86. The molecule has 1 aromatic rings. The molecular formula is C13H23N3O. The van der Waals surface area contributed by atoms with Crippen LogP contribution in [0.25, 0.3) is 0 Å². The molecule has 0 amide bonds. The molecule has 0 aliphatic rings. The van der Waals surface area contributed by atoms with E-state index in [-0.39, 0.29) is 16.4 Å². The summed E-state index contributed by atoms with van der Waals surface area (Å²) in [7, 11) is 1.75. The highest BCUT2D eigenvalue weighted by atomic mass is 16.1. The van der Waals surface area contributed by atoms with E-state index >= 15 is 0 Å². The molecule has 0 saturated carbocycles. The van der Waals surface area contributed by atoms with Crippen LogP contribution in [0, 0.1) is 0 Å². The van der Waals surface area contributed by atoms with Gasteiger partial charge in [0.25, 0.3) is 5.56 Å². The first-order chi connectivity index (χ1) is 7.46. The lowest BCUT2D eigenvalue weighted by molar-refractivity contribution is 0.491. The van der Waals surface area contributed by atoms with E-state index in [0.717, 1.165) is 0 Å². The lowest BCUT2D eigenvalue weighted by atomic mass is 9.87. The average molecular weight is 237 g/mol. The third-order valence-corrected chi connectivity index (χ3v) is 2.74. The molecule has 96 valence electrons. The van der Waals surface area contributed by atoms with Crippen LogP contribution in [0.3, 0.4) is 0 Å². The Morgan fingerprint density at radius 3 is 1.88 bits per heavy atom. The fraction of sp³-hybridized carbons (Fsp3) is 0.692. The van der Waals surface area contributed by atoms with Crippen molar-refractivity contribution in [3.05, 3.63) is 21.7 Å². The molecule has 1 rings (SSSR count). The van der Waals surface area contributed by atoms with Crippen molar-refractivity contribution in [2.75, 3.05) is 5.73 Å². The Labute approximate surface area is 103 Å². The summed E-state index contributed by atoms with van der Waals surface area (Å²) >= 11 is 0. The van der Waals surface area contributed by atoms with Gasteiger partial charge in [0.2, 0.25) is 0 Å². The highest BCUT2D eigenvalue weighted by Gasteiger charge is 2.27. The lowest BCUT2D eigenvalue weighted by Gasteiger charge is -2.26. The standard InChI is InChI=1S/C13H23N3O/c1-12(2,3)8-9(14)15-11(13(4,5)6)16(7)10(8)17/h14H2,1-7H3. The predicted molar refractivity (Wildman–Crippen MR) is 71.3 cm³/mol.